The minimum atomic E-state index is -3.21. The zero-order chi connectivity index (χ0) is 18.6. The number of hydrogen-bond acceptors (Lipinski definition) is 4. The van der Waals surface area contributed by atoms with Crippen molar-refractivity contribution in [2.45, 2.75) is 24.2 Å². The van der Waals surface area contributed by atoms with E-state index in [1.807, 2.05) is 18.2 Å². The zero-order valence-electron chi connectivity index (χ0n) is 14.8. The van der Waals surface area contributed by atoms with Gasteiger partial charge < -0.3 is 10.1 Å². The first-order chi connectivity index (χ1) is 12.4. The molecule has 2 aromatic rings. The van der Waals surface area contributed by atoms with Crippen molar-refractivity contribution in [3.05, 3.63) is 59.7 Å². The molecule has 1 heterocycles. The van der Waals surface area contributed by atoms with Crippen molar-refractivity contribution in [3.8, 4) is 5.75 Å². The summed E-state index contributed by atoms with van der Waals surface area (Å²) >= 11 is 0. The summed E-state index contributed by atoms with van der Waals surface area (Å²) in [5.41, 5.74) is 1.98. The van der Waals surface area contributed by atoms with E-state index >= 15 is 0 Å². The van der Waals surface area contributed by atoms with Crippen molar-refractivity contribution in [3.63, 3.8) is 0 Å². The van der Waals surface area contributed by atoms with E-state index in [1.54, 1.807) is 12.1 Å². The molecule has 1 aliphatic heterocycles. The first-order valence-electron chi connectivity index (χ1n) is 8.68. The van der Waals surface area contributed by atoms with E-state index in [0.717, 1.165) is 24.2 Å². The molecule has 1 aliphatic rings. The Bertz CT molecular complexity index is 875. The predicted molar refractivity (Wildman–Crippen MR) is 100 cm³/mol. The fourth-order valence-corrected chi connectivity index (χ4v) is 3.73. The maximum Gasteiger partial charge on any atom is 0.224 e. The summed E-state index contributed by atoms with van der Waals surface area (Å²) in [6.45, 7) is 1.27. The number of amides is 1. The highest BCUT2D eigenvalue weighted by Crippen LogP contribution is 2.26. The summed E-state index contributed by atoms with van der Waals surface area (Å²) in [5, 5.41) is 2.99. The third-order valence-corrected chi connectivity index (χ3v) is 5.70. The minimum Gasteiger partial charge on any atom is -0.493 e. The highest BCUT2D eigenvalue weighted by molar-refractivity contribution is 7.90. The largest absolute Gasteiger partial charge is 0.493 e. The number of rotatable bonds is 5. The number of benzene rings is 2. The zero-order valence-corrected chi connectivity index (χ0v) is 15.6. The number of hydrogen-bond donors (Lipinski definition) is 1. The molecule has 0 aliphatic carbocycles. The van der Waals surface area contributed by atoms with Gasteiger partial charge in [-0.05, 0) is 48.1 Å². The second-order valence-corrected chi connectivity index (χ2v) is 8.73. The van der Waals surface area contributed by atoms with E-state index in [2.05, 4.69) is 11.4 Å². The Morgan fingerprint density at radius 3 is 2.62 bits per heavy atom. The van der Waals surface area contributed by atoms with Crippen molar-refractivity contribution in [1.82, 2.24) is 5.32 Å². The summed E-state index contributed by atoms with van der Waals surface area (Å²) in [6, 6.07) is 14.5. The second kappa shape index (κ2) is 7.91. The normalized spacial score (nSPS) is 16.9. The Labute approximate surface area is 154 Å². The van der Waals surface area contributed by atoms with Crippen LogP contribution in [0.5, 0.6) is 5.75 Å². The topological polar surface area (TPSA) is 72.5 Å². The van der Waals surface area contributed by atoms with Crippen LogP contribution in [0, 0.1) is 5.92 Å². The Kier molecular flexibility index (Phi) is 5.61. The highest BCUT2D eigenvalue weighted by Gasteiger charge is 2.18. The quantitative estimate of drug-likeness (QED) is 0.873. The molecule has 2 aromatic carbocycles. The molecule has 0 radical (unpaired) electrons. The van der Waals surface area contributed by atoms with Crippen molar-refractivity contribution in [1.29, 1.82) is 0 Å². The monoisotopic (exact) mass is 373 g/mol. The molecule has 1 amide bonds. The van der Waals surface area contributed by atoms with Gasteiger partial charge in [0, 0.05) is 12.8 Å². The molecular weight excluding hydrogens is 350 g/mol. The first-order valence-corrected chi connectivity index (χ1v) is 10.6. The van der Waals surface area contributed by atoms with Gasteiger partial charge in [-0.15, -0.1) is 0 Å². The maximum atomic E-state index is 12.2. The lowest BCUT2D eigenvalue weighted by atomic mass is 9.97. The molecule has 0 saturated heterocycles. The lowest BCUT2D eigenvalue weighted by molar-refractivity contribution is -0.120. The van der Waals surface area contributed by atoms with Crippen molar-refractivity contribution in [2.24, 2.45) is 5.92 Å². The first kappa shape index (κ1) is 18.5. The second-order valence-electron chi connectivity index (χ2n) is 6.71. The number of sulfone groups is 1. The molecule has 0 saturated carbocycles. The van der Waals surface area contributed by atoms with Gasteiger partial charge in [0.2, 0.25) is 5.91 Å². The van der Waals surface area contributed by atoms with Gasteiger partial charge >= 0.3 is 0 Å². The highest BCUT2D eigenvalue weighted by atomic mass is 32.2. The molecular formula is C20H23NO4S. The van der Waals surface area contributed by atoms with Gasteiger partial charge in [-0.1, -0.05) is 30.3 Å². The predicted octanol–water partition coefficient (Wildman–Crippen LogP) is 2.39. The Morgan fingerprint density at radius 1 is 1.15 bits per heavy atom. The van der Waals surface area contributed by atoms with Crippen LogP contribution in [0.3, 0.4) is 0 Å². The van der Waals surface area contributed by atoms with Crippen molar-refractivity contribution in [2.75, 3.05) is 19.4 Å². The molecule has 1 N–H and O–H groups in total. The lowest BCUT2D eigenvalue weighted by Gasteiger charge is -2.14. The molecule has 6 heteroatoms. The Morgan fingerprint density at radius 2 is 1.88 bits per heavy atom. The van der Waals surface area contributed by atoms with Crippen LogP contribution in [-0.4, -0.2) is 33.7 Å². The SMILES string of the molecule is CS(=O)(=O)c1ccc(CC(=O)NC[C@H]2CCOc3ccccc3C2)cc1. The molecule has 26 heavy (non-hydrogen) atoms. The number of carbonyl (C=O) groups is 1. The van der Waals surface area contributed by atoms with E-state index in [-0.39, 0.29) is 17.2 Å². The van der Waals surface area contributed by atoms with Gasteiger partial charge in [-0.2, -0.15) is 0 Å². The van der Waals surface area contributed by atoms with E-state index < -0.39 is 9.84 Å². The minimum absolute atomic E-state index is 0.0597. The Hall–Kier alpha value is -2.34. The van der Waals surface area contributed by atoms with Crippen LogP contribution >= 0.6 is 0 Å². The fourth-order valence-electron chi connectivity index (χ4n) is 3.10. The van der Waals surface area contributed by atoms with Gasteiger partial charge in [-0.25, -0.2) is 8.42 Å². The summed E-state index contributed by atoms with van der Waals surface area (Å²) in [7, 11) is -3.21. The number of nitrogens with one attached hydrogen (secondary N) is 1. The van der Waals surface area contributed by atoms with Crippen LogP contribution in [0.4, 0.5) is 0 Å². The van der Waals surface area contributed by atoms with Gasteiger partial charge in [-0.3, -0.25) is 4.79 Å². The number of carbonyl (C=O) groups excluding carboxylic acids is 1. The average molecular weight is 373 g/mol. The summed E-state index contributed by atoms with van der Waals surface area (Å²) in [5.74, 6) is 1.22. The molecule has 0 bridgehead atoms. The number of para-hydroxylation sites is 1. The van der Waals surface area contributed by atoms with E-state index in [0.29, 0.717) is 19.1 Å². The number of ether oxygens (including phenoxy) is 1. The van der Waals surface area contributed by atoms with Gasteiger partial charge in [0.15, 0.2) is 9.84 Å². The Balaban J connectivity index is 1.53. The molecule has 0 unspecified atom stereocenters. The molecule has 0 aromatic heterocycles. The van der Waals surface area contributed by atoms with Crippen molar-refractivity contribution >= 4 is 15.7 Å². The van der Waals surface area contributed by atoms with Crippen LogP contribution in [0.25, 0.3) is 0 Å². The fraction of sp³-hybridized carbons (Fsp3) is 0.350. The average Bonchev–Trinajstić information content (AvgIpc) is 2.81. The van der Waals surface area contributed by atoms with E-state index in [1.165, 1.54) is 24.0 Å². The van der Waals surface area contributed by atoms with Crippen LogP contribution in [-0.2, 0) is 27.5 Å². The molecule has 138 valence electrons. The summed E-state index contributed by atoms with van der Waals surface area (Å²) in [6.07, 6.45) is 3.20. The number of fused-ring (bicyclic) bond motifs is 1. The van der Waals surface area contributed by atoms with Crippen LogP contribution in [0.15, 0.2) is 53.4 Å². The van der Waals surface area contributed by atoms with E-state index in [9.17, 15) is 13.2 Å². The maximum absolute atomic E-state index is 12.2. The molecule has 3 rings (SSSR count). The molecule has 0 spiro atoms. The van der Waals surface area contributed by atoms with Crippen LogP contribution in [0.1, 0.15) is 17.5 Å². The lowest BCUT2D eigenvalue weighted by Crippen LogP contribution is -2.31. The molecule has 0 fully saturated rings. The van der Waals surface area contributed by atoms with Gasteiger partial charge in [0.25, 0.3) is 0 Å². The third kappa shape index (κ3) is 4.85. The molecule has 5 nitrogen and oxygen atoms in total. The van der Waals surface area contributed by atoms with Crippen molar-refractivity contribution < 1.29 is 17.9 Å². The van der Waals surface area contributed by atoms with Gasteiger partial charge in [0.05, 0.1) is 17.9 Å². The van der Waals surface area contributed by atoms with E-state index in [4.69, 9.17) is 4.74 Å². The standard InChI is InChI=1S/C20H23NO4S/c1-26(23,24)18-8-6-15(7-9-18)13-20(22)21-14-16-10-11-25-19-5-3-2-4-17(19)12-16/h2-9,16H,10-14H2,1H3,(H,21,22)/t16-/m0/s1. The van der Waals surface area contributed by atoms with Crippen LogP contribution < -0.4 is 10.1 Å². The smallest absolute Gasteiger partial charge is 0.224 e. The van der Waals surface area contributed by atoms with Crippen LogP contribution in [0.2, 0.25) is 0 Å². The summed E-state index contributed by atoms with van der Waals surface area (Å²) in [4.78, 5) is 12.5. The molecule has 1 atom stereocenters. The third-order valence-electron chi connectivity index (χ3n) is 4.57. The summed E-state index contributed by atoms with van der Waals surface area (Å²) < 4.78 is 28.7. The van der Waals surface area contributed by atoms with Gasteiger partial charge in [0.1, 0.15) is 5.75 Å².